The first-order valence-corrected chi connectivity index (χ1v) is 7.13. The van der Waals surface area contributed by atoms with Crippen molar-refractivity contribution in [1.29, 1.82) is 0 Å². The lowest BCUT2D eigenvalue weighted by atomic mass is 10.1. The first kappa shape index (κ1) is 12.2. The van der Waals surface area contributed by atoms with E-state index in [-0.39, 0.29) is 0 Å². The third-order valence-electron chi connectivity index (χ3n) is 3.73. The van der Waals surface area contributed by atoms with Gasteiger partial charge in [-0.3, -0.25) is 0 Å². The first-order chi connectivity index (χ1) is 9.42. The molecule has 0 saturated carbocycles. The highest BCUT2D eigenvalue weighted by molar-refractivity contribution is 5.55. The number of hydrogen-bond donors (Lipinski definition) is 2. The molecule has 2 aromatic rings. The van der Waals surface area contributed by atoms with E-state index in [0.29, 0.717) is 0 Å². The van der Waals surface area contributed by atoms with Gasteiger partial charge in [0.1, 0.15) is 0 Å². The van der Waals surface area contributed by atoms with Gasteiger partial charge >= 0.3 is 0 Å². The Morgan fingerprint density at radius 1 is 1.00 bits per heavy atom. The predicted molar refractivity (Wildman–Crippen MR) is 80.6 cm³/mol. The fraction of sp³-hybridized carbons (Fsp3) is 0.375. The first-order valence-electron chi connectivity index (χ1n) is 7.13. The van der Waals surface area contributed by atoms with E-state index in [1.54, 1.807) is 0 Å². The maximum Gasteiger partial charge on any atom is 0.0551 e. The van der Waals surface area contributed by atoms with Crippen molar-refractivity contribution in [2.24, 2.45) is 0 Å². The van der Waals surface area contributed by atoms with Gasteiger partial charge in [0, 0.05) is 36.4 Å². The van der Waals surface area contributed by atoms with Gasteiger partial charge in [-0.05, 0) is 55.7 Å². The standard InChI is InChI=1S/C16H21N3/c1-2-11-19(12-3-1)16-8-6-14(7-9-16)18-13-15-5-4-10-17-15/h4-10,17-18H,1-3,11-13H2. The molecule has 1 saturated heterocycles. The highest BCUT2D eigenvalue weighted by atomic mass is 15.1. The van der Waals surface area contributed by atoms with Crippen molar-refractivity contribution in [3.05, 3.63) is 48.3 Å². The van der Waals surface area contributed by atoms with E-state index >= 15 is 0 Å². The highest BCUT2D eigenvalue weighted by Crippen LogP contribution is 2.21. The second kappa shape index (κ2) is 5.83. The van der Waals surface area contributed by atoms with Crippen molar-refractivity contribution in [2.75, 3.05) is 23.3 Å². The average molecular weight is 255 g/mol. The lowest BCUT2D eigenvalue weighted by Gasteiger charge is -2.28. The molecule has 0 spiro atoms. The lowest BCUT2D eigenvalue weighted by molar-refractivity contribution is 0.578. The van der Waals surface area contributed by atoms with E-state index in [9.17, 15) is 0 Å². The molecule has 0 atom stereocenters. The number of anilines is 2. The molecule has 1 aliphatic heterocycles. The second-order valence-electron chi connectivity index (χ2n) is 5.14. The fourth-order valence-corrected chi connectivity index (χ4v) is 2.62. The Morgan fingerprint density at radius 3 is 2.47 bits per heavy atom. The van der Waals surface area contributed by atoms with Gasteiger partial charge in [0.25, 0.3) is 0 Å². The summed E-state index contributed by atoms with van der Waals surface area (Å²) in [5, 5.41) is 3.43. The molecule has 3 nitrogen and oxygen atoms in total. The van der Waals surface area contributed by atoms with E-state index in [2.05, 4.69) is 45.5 Å². The number of nitrogens with one attached hydrogen (secondary N) is 2. The van der Waals surface area contributed by atoms with Crippen molar-refractivity contribution in [1.82, 2.24) is 4.98 Å². The molecule has 19 heavy (non-hydrogen) atoms. The molecule has 1 aliphatic rings. The monoisotopic (exact) mass is 255 g/mol. The summed E-state index contributed by atoms with van der Waals surface area (Å²) in [7, 11) is 0. The smallest absolute Gasteiger partial charge is 0.0551 e. The summed E-state index contributed by atoms with van der Waals surface area (Å²) in [6.45, 7) is 3.25. The molecule has 3 heteroatoms. The van der Waals surface area contributed by atoms with Crippen molar-refractivity contribution in [3.8, 4) is 0 Å². The number of aromatic nitrogens is 1. The molecule has 1 aromatic heterocycles. The highest BCUT2D eigenvalue weighted by Gasteiger charge is 2.10. The van der Waals surface area contributed by atoms with Gasteiger partial charge in [0.05, 0.1) is 6.54 Å². The number of benzene rings is 1. The zero-order chi connectivity index (χ0) is 12.9. The summed E-state index contributed by atoms with van der Waals surface area (Å²) in [5.41, 5.74) is 3.74. The van der Waals surface area contributed by atoms with Gasteiger partial charge < -0.3 is 15.2 Å². The Morgan fingerprint density at radius 2 is 1.79 bits per heavy atom. The van der Waals surface area contributed by atoms with Crippen LogP contribution in [0.2, 0.25) is 0 Å². The Labute approximate surface area is 114 Å². The number of rotatable bonds is 4. The predicted octanol–water partition coefficient (Wildman–Crippen LogP) is 3.62. The molecule has 2 heterocycles. The molecule has 0 bridgehead atoms. The van der Waals surface area contributed by atoms with E-state index < -0.39 is 0 Å². The van der Waals surface area contributed by atoms with E-state index in [1.165, 1.54) is 49.4 Å². The van der Waals surface area contributed by atoms with Gasteiger partial charge in [-0.25, -0.2) is 0 Å². The van der Waals surface area contributed by atoms with Crippen LogP contribution in [0.25, 0.3) is 0 Å². The zero-order valence-corrected chi connectivity index (χ0v) is 11.2. The van der Waals surface area contributed by atoms with Crippen LogP contribution in [0.4, 0.5) is 11.4 Å². The van der Waals surface area contributed by atoms with E-state index in [0.717, 1.165) is 6.54 Å². The van der Waals surface area contributed by atoms with Crippen LogP contribution in [0, 0.1) is 0 Å². The summed E-state index contributed by atoms with van der Waals surface area (Å²) in [6.07, 6.45) is 5.99. The molecule has 0 aliphatic carbocycles. The molecule has 0 radical (unpaired) electrons. The minimum absolute atomic E-state index is 0.843. The number of nitrogens with zero attached hydrogens (tertiary/aromatic N) is 1. The van der Waals surface area contributed by atoms with Crippen LogP contribution >= 0.6 is 0 Å². The summed E-state index contributed by atoms with van der Waals surface area (Å²) in [5.74, 6) is 0. The number of aromatic amines is 1. The van der Waals surface area contributed by atoms with Crippen LogP contribution in [0.5, 0.6) is 0 Å². The van der Waals surface area contributed by atoms with E-state index in [4.69, 9.17) is 0 Å². The largest absolute Gasteiger partial charge is 0.379 e. The average Bonchev–Trinajstić information content (AvgIpc) is 3.00. The molecular weight excluding hydrogens is 234 g/mol. The van der Waals surface area contributed by atoms with E-state index in [1.807, 2.05) is 12.3 Å². The molecule has 0 amide bonds. The number of hydrogen-bond acceptors (Lipinski definition) is 2. The van der Waals surface area contributed by atoms with Crippen molar-refractivity contribution < 1.29 is 0 Å². The Hall–Kier alpha value is -1.90. The Bertz CT molecular complexity index is 481. The third-order valence-corrected chi connectivity index (χ3v) is 3.73. The molecule has 100 valence electrons. The Balaban J connectivity index is 1.58. The lowest BCUT2D eigenvalue weighted by Crippen LogP contribution is -2.29. The quantitative estimate of drug-likeness (QED) is 0.874. The molecule has 2 N–H and O–H groups in total. The minimum atomic E-state index is 0.843. The third kappa shape index (κ3) is 3.11. The SMILES string of the molecule is c1c[nH]c(CNc2ccc(N3CCCCC3)cc2)c1. The normalized spacial score (nSPS) is 15.5. The summed E-state index contributed by atoms with van der Waals surface area (Å²) in [4.78, 5) is 5.68. The maximum atomic E-state index is 3.43. The second-order valence-corrected chi connectivity index (χ2v) is 5.14. The van der Waals surface area contributed by atoms with Gasteiger partial charge in [0.15, 0.2) is 0 Å². The van der Waals surface area contributed by atoms with Gasteiger partial charge in [0.2, 0.25) is 0 Å². The molecule has 0 unspecified atom stereocenters. The summed E-state index contributed by atoms with van der Waals surface area (Å²) < 4.78 is 0. The minimum Gasteiger partial charge on any atom is -0.379 e. The topological polar surface area (TPSA) is 31.1 Å². The molecule has 1 fully saturated rings. The van der Waals surface area contributed by atoms with Crippen molar-refractivity contribution >= 4 is 11.4 Å². The number of H-pyrrole nitrogens is 1. The zero-order valence-electron chi connectivity index (χ0n) is 11.2. The van der Waals surface area contributed by atoms with Gasteiger partial charge in [-0.1, -0.05) is 0 Å². The van der Waals surface area contributed by atoms with Crippen molar-refractivity contribution in [2.45, 2.75) is 25.8 Å². The fourth-order valence-electron chi connectivity index (χ4n) is 2.62. The van der Waals surface area contributed by atoms with Crippen LogP contribution in [-0.2, 0) is 6.54 Å². The van der Waals surface area contributed by atoms with Crippen LogP contribution in [0.1, 0.15) is 25.0 Å². The van der Waals surface area contributed by atoms with Crippen LogP contribution in [-0.4, -0.2) is 18.1 Å². The molecule has 3 rings (SSSR count). The van der Waals surface area contributed by atoms with Gasteiger partial charge in [-0.2, -0.15) is 0 Å². The maximum absolute atomic E-state index is 3.43. The molecular formula is C16H21N3. The van der Waals surface area contributed by atoms with Crippen molar-refractivity contribution in [3.63, 3.8) is 0 Å². The summed E-state index contributed by atoms with van der Waals surface area (Å²) >= 11 is 0. The van der Waals surface area contributed by atoms with Crippen LogP contribution in [0.3, 0.4) is 0 Å². The van der Waals surface area contributed by atoms with Crippen LogP contribution in [0.15, 0.2) is 42.6 Å². The Kier molecular flexibility index (Phi) is 3.73. The molecule has 1 aromatic carbocycles. The number of piperidine rings is 1. The summed E-state index contributed by atoms with van der Waals surface area (Å²) in [6, 6.07) is 12.9. The van der Waals surface area contributed by atoms with Crippen LogP contribution < -0.4 is 10.2 Å². The van der Waals surface area contributed by atoms with Gasteiger partial charge in [-0.15, -0.1) is 0 Å².